The molecule has 0 amide bonds. The predicted molar refractivity (Wildman–Crippen MR) is 106 cm³/mol. The second-order valence-corrected chi connectivity index (χ2v) is 8.25. The maximum absolute atomic E-state index is 13.2. The Kier molecular flexibility index (Phi) is 5.33. The van der Waals surface area contributed by atoms with Crippen molar-refractivity contribution in [2.45, 2.75) is 37.6 Å². The number of hydrogen-bond acceptors (Lipinski definition) is 4. The molecular weight excluding hydrogens is 403 g/mol. The van der Waals surface area contributed by atoms with Gasteiger partial charge in [-0.05, 0) is 54.8 Å². The zero-order valence-corrected chi connectivity index (χ0v) is 16.6. The number of alkyl halides is 3. The van der Waals surface area contributed by atoms with Crippen molar-refractivity contribution >= 4 is 22.8 Å². The van der Waals surface area contributed by atoms with Crippen molar-refractivity contribution in [2.75, 3.05) is 12.4 Å². The van der Waals surface area contributed by atoms with Crippen molar-refractivity contribution in [3.8, 4) is 11.4 Å². The number of ether oxygens (including phenoxy) is 1. The van der Waals surface area contributed by atoms with Gasteiger partial charge in [-0.1, -0.05) is 18.7 Å². The molecule has 2 aromatic heterocycles. The van der Waals surface area contributed by atoms with Gasteiger partial charge >= 0.3 is 6.18 Å². The Labute approximate surface area is 169 Å². The molecule has 5 nitrogen and oxygen atoms in total. The van der Waals surface area contributed by atoms with Gasteiger partial charge in [-0.3, -0.25) is 9.36 Å². The molecule has 4 rings (SSSR count). The quantitative estimate of drug-likeness (QED) is 0.410. The van der Waals surface area contributed by atoms with Gasteiger partial charge in [0.05, 0.1) is 11.1 Å². The normalized spacial score (nSPS) is 14.5. The fourth-order valence-corrected chi connectivity index (χ4v) is 3.87. The fourth-order valence-electron chi connectivity index (χ4n) is 3.14. The third kappa shape index (κ3) is 4.44. The van der Waals surface area contributed by atoms with Crippen LogP contribution in [0.3, 0.4) is 0 Å². The van der Waals surface area contributed by atoms with E-state index in [9.17, 15) is 18.0 Å². The molecule has 1 fully saturated rings. The number of rotatable bonds is 7. The van der Waals surface area contributed by atoms with Crippen LogP contribution >= 0.6 is 11.8 Å². The Morgan fingerprint density at radius 2 is 1.93 bits per heavy atom. The second kappa shape index (κ2) is 7.78. The number of fused-ring (bicyclic) bond motifs is 1. The summed E-state index contributed by atoms with van der Waals surface area (Å²) in [6.45, 7) is 1.48. The smallest absolute Gasteiger partial charge is 0.422 e. The molecule has 1 aliphatic rings. The molecule has 0 atom stereocenters. The van der Waals surface area contributed by atoms with Crippen molar-refractivity contribution < 1.29 is 17.9 Å². The van der Waals surface area contributed by atoms with E-state index in [4.69, 9.17) is 9.72 Å². The molecule has 0 saturated heterocycles. The van der Waals surface area contributed by atoms with E-state index in [-0.39, 0.29) is 11.3 Å². The number of halogens is 3. The molecule has 29 heavy (non-hydrogen) atoms. The zero-order chi connectivity index (χ0) is 20.6. The van der Waals surface area contributed by atoms with E-state index in [1.807, 2.05) is 17.7 Å². The molecule has 2 heterocycles. The first-order chi connectivity index (χ1) is 13.9. The molecule has 0 aliphatic heterocycles. The van der Waals surface area contributed by atoms with Gasteiger partial charge < -0.3 is 9.30 Å². The molecular formula is C20H20F3N3O2S. The predicted octanol–water partition coefficient (Wildman–Crippen LogP) is 4.65. The van der Waals surface area contributed by atoms with E-state index in [0.717, 1.165) is 12.3 Å². The Hall–Kier alpha value is -2.42. The van der Waals surface area contributed by atoms with Crippen LogP contribution in [0.15, 0.2) is 46.5 Å². The standard InChI is InChI=1S/C20H20F3N3O2S/c1-2-29-19-24-17-16(9-10-25(17)11-13-3-4-13)18(27)26(19)14-5-7-15(8-6-14)28-12-20(21,22)23/h5-10,13H,2-4,11-12H2,1H3. The minimum atomic E-state index is -4.40. The van der Waals surface area contributed by atoms with Gasteiger partial charge in [-0.2, -0.15) is 13.2 Å². The van der Waals surface area contributed by atoms with Crippen molar-refractivity contribution in [2.24, 2.45) is 5.92 Å². The van der Waals surface area contributed by atoms with Crippen LogP contribution in [0.5, 0.6) is 5.75 Å². The van der Waals surface area contributed by atoms with Gasteiger partial charge in [-0.25, -0.2) is 4.98 Å². The summed E-state index contributed by atoms with van der Waals surface area (Å²) in [5.74, 6) is 1.48. The number of aromatic nitrogens is 3. The van der Waals surface area contributed by atoms with E-state index >= 15 is 0 Å². The van der Waals surface area contributed by atoms with E-state index < -0.39 is 12.8 Å². The summed E-state index contributed by atoms with van der Waals surface area (Å²) in [7, 11) is 0. The van der Waals surface area contributed by atoms with Gasteiger partial charge in [0.25, 0.3) is 5.56 Å². The van der Waals surface area contributed by atoms with E-state index in [2.05, 4.69) is 0 Å². The molecule has 154 valence electrons. The Morgan fingerprint density at radius 1 is 1.21 bits per heavy atom. The number of benzene rings is 1. The number of hydrogen-bond donors (Lipinski definition) is 0. The van der Waals surface area contributed by atoms with Crippen molar-refractivity contribution in [3.05, 3.63) is 46.9 Å². The highest BCUT2D eigenvalue weighted by Gasteiger charge is 2.28. The lowest BCUT2D eigenvalue weighted by molar-refractivity contribution is -0.153. The average molecular weight is 423 g/mol. The number of thioether (sulfide) groups is 1. The Balaban J connectivity index is 1.71. The van der Waals surface area contributed by atoms with Gasteiger partial charge in [0, 0.05) is 12.7 Å². The molecule has 0 radical (unpaired) electrons. The summed E-state index contributed by atoms with van der Waals surface area (Å²) in [4.78, 5) is 17.9. The second-order valence-electron chi connectivity index (χ2n) is 7.01. The van der Waals surface area contributed by atoms with Crippen molar-refractivity contribution in [3.63, 3.8) is 0 Å². The minimum absolute atomic E-state index is 0.0912. The summed E-state index contributed by atoms with van der Waals surface area (Å²) in [6, 6.07) is 7.78. The molecule has 9 heteroatoms. The van der Waals surface area contributed by atoms with Crippen LogP contribution in [-0.4, -0.2) is 32.7 Å². The highest BCUT2D eigenvalue weighted by Crippen LogP contribution is 2.32. The molecule has 0 spiro atoms. The van der Waals surface area contributed by atoms with Gasteiger partial charge in [-0.15, -0.1) is 0 Å². The van der Waals surface area contributed by atoms with E-state index in [1.54, 1.807) is 18.2 Å². The van der Waals surface area contributed by atoms with Crippen LogP contribution in [-0.2, 0) is 6.54 Å². The third-order valence-corrected chi connectivity index (χ3v) is 5.50. The summed E-state index contributed by atoms with van der Waals surface area (Å²) in [5, 5.41) is 1.09. The van der Waals surface area contributed by atoms with Crippen LogP contribution in [0.1, 0.15) is 19.8 Å². The van der Waals surface area contributed by atoms with Crippen LogP contribution in [0.25, 0.3) is 16.7 Å². The summed E-state index contributed by atoms with van der Waals surface area (Å²) >= 11 is 1.45. The molecule has 1 aliphatic carbocycles. The lowest BCUT2D eigenvalue weighted by atomic mass is 10.3. The largest absolute Gasteiger partial charge is 0.484 e. The Bertz CT molecular complexity index is 1070. The van der Waals surface area contributed by atoms with E-state index in [0.29, 0.717) is 27.8 Å². The summed E-state index contributed by atoms with van der Waals surface area (Å²) in [5.41, 5.74) is 1.03. The molecule has 0 unspecified atom stereocenters. The lowest BCUT2D eigenvalue weighted by Crippen LogP contribution is -2.22. The highest BCUT2D eigenvalue weighted by atomic mass is 32.2. The van der Waals surface area contributed by atoms with Crippen molar-refractivity contribution in [1.29, 1.82) is 0 Å². The van der Waals surface area contributed by atoms with E-state index in [1.165, 1.54) is 41.3 Å². The lowest BCUT2D eigenvalue weighted by Gasteiger charge is -2.14. The number of nitrogens with zero attached hydrogens (tertiary/aromatic N) is 3. The first-order valence-corrected chi connectivity index (χ1v) is 10.4. The minimum Gasteiger partial charge on any atom is -0.484 e. The summed E-state index contributed by atoms with van der Waals surface area (Å²) in [6.07, 6.45) is -0.0918. The third-order valence-electron chi connectivity index (χ3n) is 4.68. The first kappa shape index (κ1) is 19.9. The zero-order valence-electron chi connectivity index (χ0n) is 15.8. The van der Waals surface area contributed by atoms with Crippen LogP contribution in [0, 0.1) is 5.92 Å². The molecule has 1 aromatic carbocycles. The summed E-state index contributed by atoms with van der Waals surface area (Å²) < 4.78 is 45.3. The molecule has 0 bridgehead atoms. The maximum Gasteiger partial charge on any atom is 0.422 e. The molecule has 3 aromatic rings. The fraction of sp³-hybridized carbons (Fsp3) is 0.400. The Morgan fingerprint density at radius 3 is 2.55 bits per heavy atom. The topological polar surface area (TPSA) is 49.0 Å². The average Bonchev–Trinajstić information content (AvgIpc) is 3.40. The van der Waals surface area contributed by atoms with Gasteiger partial charge in [0.1, 0.15) is 11.4 Å². The maximum atomic E-state index is 13.2. The van der Waals surface area contributed by atoms with Crippen LogP contribution in [0.2, 0.25) is 0 Å². The van der Waals surface area contributed by atoms with Crippen LogP contribution < -0.4 is 10.3 Å². The van der Waals surface area contributed by atoms with Crippen molar-refractivity contribution in [1.82, 2.24) is 14.1 Å². The molecule has 1 saturated carbocycles. The van der Waals surface area contributed by atoms with Crippen LogP contribution in [0.4, 0.5) is 13.2 Å². The monoisotopic (exact) mass is 423 g/mol. The highest BCUT2D eigenvalue weighted by molar-refractivity contribution is 7.99. The first-order valence-electron chi connectivity index (χ1n) is 9.40. The molecule has 0 N–H and O–H groups in total. The van der Waals surface area contributed by atoms with Gasteiger partial charge in [0.2, 0.25) is 0 Å². The van der Waals surface area contributed by atoms with Gasteiger partial charge in [0.15, 0.2) is 11.8 Å². The SMILES string of the molecule is CCSc1nc2c(ccn2CC2CC2)c(=O)n1-c1ccc(OCC(F)(F)F)cc1.